The Kier molecular flexibility index (Phi) is 8.40. The average molecular weight is 404 g/mol. The van der Waals surface area contributed by atoms with E-state index in [4.69, 9.17) is 4.42 Å². The predicted octanol–water partition coefficient (Wildman–Crippen LogP) is 2.76. The van der Waals surface area contributed by atoms with Crippen molar-refractivity contribution in [3.05, 3.63) is 24.2 Å². The van der Waals surface area contributed by atoms with Crippen LogP contribution < -0.4 is 10.6 Å². The van der Waals surface area contributed by atoms with Gasteiger partial charge in [0.2, 0.25) is 5.91 Å². The molecule has 3 heterocycles. The largest absolute Gasteiger partial charge is 0.468 e. The van der Waals surface area contributed by atoms with Crippen LogP contribution in [0.2, 0.25) is 0 Å². The van der Waals surface area contributed by atoms with Gasteiger partial charge in [0.1, 0.15) is 5.76 Å². The van der Waals surface area contributed by atoms with Crippen LogP contribution in [0.15, 0.2) is 27.8 Å². The first-order chi connectivity index (χ1) is 14.2. The summed E-state index contributed by atoms with van der Waals surface area (Å²) < 4.78 is 5.71. The van der Waals surface area contributed by atoms with Crippen LogP contribution in [0.4, 0.5) is 0 Å². The first kappa shape index (κ1) is 21.7. The molecule has 2 saturated heterocycles. The van der Waals surface area contributed by atoms with Crippen LogP contribution in [-0.4, -0.2) is 67.5 Å². The lowest BCUT2D eigenvalue weighted by molar-refractivity contribution is -0.134. The number of carbonyl (C=O) groups excluding carboxylic acids is 1. The third-order valence-corrected chi connectivity index (χ3v) is 6.14. The normalized spacial score (nSPS) is 22.3. The quantitative estimate of drug-likeness (QED) is 0.541. The summed E-state index contributed by atoms with van der Waals surface area (Å²) in [7, 11) is 1.77. The summed E-state index contributed by atoms with van der Waals surface area (Å²) in [5.41, 5.74) is 0. The standard InChI is InChI=1S/C22H37N5O2/c1-18-9-4-7-15-27(18)21(28)11-12-24-22(23-2)25-17-19(20-10-8-16-29-20)26-13-5-3-6-14-26/h8,10,16,18-19H,3-7,9,11-15,17H2,1-2H3,(H2,23,24,25). The van der Waals surface area contributed by atoms with Gasteiger partial charge in [-0.2, -0.15) is 0 Å². The maximum absolute atomic E-state index is 12.5. The fraction of sp³-hybridized carbons (Fsp3) is 0.727. The summed E-state index contributed by atoms with van der Waals surface area (Å²) in [6.45, 7) is 6.57. The van der Waals surface area contributed by atoms with Gasteiger partial charge in [0.25, 0.3) is 0 Å². The van der Waals surface area contributed by atoms with Crippen molar-refractivity contribution in [1.82, 2.24) is 20.4 Å². The first-order valence-electron chi connectivity index (χ1n) is 11.2. The van der Waals surface area contributed by atoms with Crippen LogP contribution in [0.25, 0.3) is 0 Å². The molecule has 0 aliphatic carbocycles. The number of hydrogen-bond acceptors (Lipinski definition) is 4. The Bertz CT molecular complexity index is 640. The SMILES string of the molecule is CN=C(NCCC(=O)N1CCCCC1C)NCC(c1ccco1)N1CCCCC1. The van der Waals surface area contributed by atoms with Crippen molar-refractivity contribution in [3.63, 3.8) is 0 Å². The highest BCUT2D eigenvalue weighted by molar-refractivity contribution is 5.81. The number of rotatable bonds is 7. The highest BCUT2D eigenvalue weighted by atomic mass is 16.3. The maximum Gasteiger partial charge on any atom is 0.224 e. The molecule has 0 radical (unpaired) electrons. The number of amides is 1. The van der Waals surface area contributed by atoms with E-state index in [1.54, 1.807) is 13.3 Å². The van der Waals surface area contributed by atoms with Crippen molar-refractivity contribution in [2.75, 3.05) is 39.8 Å². The van der Waals surface area contributed by atoms with Gasteiger partial charge >= 0.3 is 0 Å². The van der Waals surface area contributed by atoms with Crippen molar-refractivity contribution >= 4 is 11.9 Å². The molecule has 1 aromatic heterocycles. The monoisotopic (exact) mass is 403 g/mol. The lowest BCUT2D eigenvalue weighted by Crippen LogP contribution is -2.46. The van der Waals surface area contributed by atoms with Gasteiger partial charge < -0.3 is 20.0 Å². The summed E-state index contributed by atoms with van der Waals surface area (Å²) in [6, 6.07) is 4.56. The molecule has 0 bridgehead atoms. The number of guanidine groups is 1. The molecule has 2 unspecified atom stereocenters. The Morgan fingerprint density at radius 1 is 1.21 bits per heavy atom. The minimum absolute atomic E-state index is 0.194. The van der Waals surface area contributed by atoms with Crippen molar-refractivity contribution in [1.29, 1.82) is 0 Å². The zero-order valence-electron chi connectivity index (χ0n) is 18.0. The molecule has 0 saturated carbocycles. The summed E-state index contributed by atoms with van der Waals surface area (Å²) in [6.07, 6.45) is 9.49. The maximum atomic E-state index is 12.5. The molecule has 1 amide bonds. The summed E-state index contributed by atoms with van der Waals surface area (Å²) >= 11 is 0. The third kappa shape index (κ3) is 6.23. The zero-order chi connectivity index (χ0) is 20.5. The van der Waals surface area contributed by atoms with Gasteiger partial charge in [-0.1, -0.05) is 6.42 Å². The Balaban J connectivity index is 1.46. The van der Waals surface area contributed by atoms with Gasteiger partial charge in [-0.15, -0.1) is 0 Å². The van der Waals surface area contributed by atoms with Crippen LogP contribution in [0.1, 0.15) is 63.7 Å². The van der Waals surface area contributed by atoms with Gasteiger partial charge in [0.05, 0.1) is 12.3 Å². The third-order valence-electron chi connectivity index (χ3n) is 6.14. The number of aliphatic imine (C=N–C) groups is 1. The molecule has 7 nitrogen and oxygen atoms in total. The molecule has 7 heteroatoms. The summed E-state index contributed by atoms with van der Waals surface area (Å²) in [5, 5.41) is 6.73. The highest BCUT2D eigenvalue weighted by Crippen LogP contribution is 2.24. The second-order valence-corrected chi connectivity index (χ2v) is 8.19. The van der Waals surface area contributed by atoms with E-state index in [-0.39, 0.29) is 11.9 Å². The molecule has 2 fully saturated rings. The molecule has 0 aromatic carbocycles. The Morgan fingerprint density at radius 2 is 2.00 bits per heavy atom. The van der Waals surface area contributed by atoms with Crippen molar-refractivity contribution in [2.24, 2.45) is 4.99 Å². The van der Waals surface area contributed by atoms with Crippen LogP contribution in [0.3, 0.4) is 0 Å². The Hall–Kier alpha value is -2.02. The van der Waals surface area contributed by atoms with Crippen molar-refractivity contribution < 1.29 is 9.21 Å². The Morgan fingerprint density at radius 3 is 2.69 bits per heavy atom. The van der Waals surface area contributed by atoms with Gasteiger partial charge in [-0.25, -0.2) is 0 Å². The number of hydrogen-bond donors (Lipinski definition) is 2. The van der Waals surface area contributed by atoms with Gasteiger partial charge in [-0.05, 0) is 64.3 Å². The number of nitrogens with one attached hydrogen (secondary N) is 2. The molecule has 162 valence electrons. The van der Waals surface area contributed by atoms with Crippen LogP contribution in [-0.2, 0) is 4.79 Å². The second-order valence-electron chi connectivity index (χ2n) is 8.19. The minimum Gasteiger partial charge on any atom is -0.468 e. The lowest BCUT2D eigenvalue weighted by atomic mass is 10.0. The fourth-order valence-corrected chi connectivity index (χ4v) is 4.43. The molecule has 2 N–H and O–H groups in total. The minimum atomic E-state index is 0.194. The second kappa shape index (κ2) is 11.2. The van der Waals surface area contributed by atoms with Crippen molar-refractivity contribution in [3.8, 4) is 0 Å². The van der Waals surface area contributed by atoms with E-state index < -0.39 is 0 Å². The van der Waals surface area contributed by atoms with E-state index >= 15 is 0 Å². The number of nitrogens with zero attached hydrogens (tertiary/aromatic N) is 3. The molecule has 29 heavy (non-hydrogen) atoms. The summed E-state index contributed by atoms with van der Waals surface area (Å²) in [5.74, 6) is 1.96. The predicted molar refractivity (Wildman–Crippen MR) is 116 cm³/mol. The van der Waals surface area contributed by atoms with Gasteiger partial charge in [-0.3, -0.25) is 14.7 Å². The topological polar surface area (TPSA) is 73.1 Å². The molecule has 0 spiro atoms. The molecule has 2 aliphatic rings. The highest BCUT2D eigenvalue weighted by Gasteiger charge is 2.25. The fourth-order valence-electron chi connectivity index (χ4n) is 4.43. The van der Waals surface area contributed by atoms with E-state index in [9.17, 15) is 4.79 Å². The van der Waals surface area contributed by atoms with Gasteiger partial charge in [0, 0.05) is 39.1 Å². The molecule has 2 aliphatic heterocycles. The lowest BCUT2D eigenvalue weighted by Gasteiger charge is -2.34. The average Bonchev–Trinajstić information content (AvgIpc) is 3.28. The molecular formula is C22H37N5O2. The number of carbonyl (C=O) groups is 1. The van der Waals surface area contributed by atoms with E-state index in [2.05, 4.69) is 33.5 Å². The molecule has 3 rings (SSSR count). The van der Waals surface area contributed by atoms with Gasteiger partial charge in [0.15, 0.2) is 5.96 Å². The first-order valence-corrected chi connectivity index (χ1v) is 11.2. The van der Waals surface area contributed by atoms with Crippen LogP contribution >= 0.6 is 0 Å². The van der Waals surface area contributed by atoms with Crippen LogP contribution in [0, 0.1) is 0 Å². The molecular weight excluding hydrogens is 366 g/mol. The molecule has 1 aromatic rings. The van der Waals surface area contributed by atoms with E-state index in [0.717, 1.165) is 50.7 Å². The van der Waals surface area contributed by atoms with Crippen LogP contribution in [0.5, 0.6) is 0 Å². The van der Waals surface area contributed by atoms with E-state index in [0.29, 0.717) is 19.0 Å². The van der Waals surface area contributed by atoms with E-state index in [1.807, 2.05) is 11.0 Å². The molecule has 2 atom stereocenters. The number of likely N-dealkylation sites (tertiary alicyclic amines) is 2. The Labute approximate surface area is 174 Å². The number of furan rings is 1. The van der Waals surface area contributed by atoms with Crippen molar-refractivity contribution in [2.45, 2.75) is 64.0 Å². The smallest absolute Gasteiger partial charge is 0.224 e. The number of piperidine rings is 2. The summed E-state index contributed by atoms with van der Waals surface area (Å²) in [4.78, 5) is 21.4. The van der Waals surface area contributed by atoms with E-state index in [1.165, 1.54) is 25.7 Å². The zero-order valence-corrected chi connectivity index (χ0v) is 18.0.